The highest BCUT2D eigenvalue weighted by Crippen LogP contribution is 2.24. The first-order valence-corrected chi connectivity index (χ1v) is 7.33. The van der Waals surface area contributed by atoms with Crippen LogP contribution < -0.4 is 10.1 Å². The predicted octanol–water partition coefficient (Wildman–Crippen LogP) is 4.20. The summed E-state index contributed by atoms with van der Waals surface area (Å²) in [6.45, 7) is 4.32. The van der Waals surface area contributed by atoms with Gasteiger partial charge in [0.1, 0.15) is 11.5 Å². The van der Waals surface area contributed by atoms with E-state index in [1.165, 1.54) is 11.1 Å². The third-order valence-corrected chi connectivity index (χ3v) is 3.77. The van der Waals surface area contributed by atoms with Gasteiger partial charge in [-0.15, -0.1) is 0 Å². The summed E-state index contributed by atoms with van der Waals surface area (Å²) in [6, 6.07) is 16.0. The molecule has 0 saturated heterocycles. The molecule has 0 spiro atoms. The SMILES string of the molecule is CCC(NC(C)c1ccc(OC)cc1)c1ccc(O)cc1. The third kappa shape index (κ3) is 3.99. The Bertz CT molecular complexity index is 548. The van der Waals surface area contributed by atoms with Crippen molar-refractivity contribution in [1.82, 2.24) is 5.32 Å². The average molecular weight is 285 g/mol. The molecule has 2 aromatic rings. The van der Waals surface area contributed by atoms with Crippen LogP contribution in [0.2, 0.25) is 0 Å². The Morgan fingerprint density at radius 1 is 1.00 bits per heavy atom. The van der Waals surface area contributed by atoms with Crippen LogP contribution in [0.5, 0.6) is 11.5 Å². The van der Waals surface area contributed by atoms with Gasteiger partial charge in [0, 0.05) is 12.1 Å². The standard InChI is InChI=1S/C18H23NO2/c1-4-18(15-5-9-16(20)10-6-15)19-13(2)14-7-11-17(21-3)12-8-14/h5-13,18-20H,4H2,1-3H3. The van der Waals surface area contributed by atoms with Crippen molar-refractivity contribution in [3.05, 3.63) is 59.7 Å². The topological polar surface area (TPSA) is 41.5 Å². The van der Waals surface area contributed by atoms with Gasteiger partial charge in [-0.2, -0.15) is 0 Å². The summed E-state index contributed by atoms with van der Waals surface area (Å²) in [7, 11) is 1.68. The van der Waals surface area contributed by atoms with Crippen molar-refractivity contribution >= 4 is 0 Å². The number of ether oxygens (including phenoxy) is 1. The molecule has 112 valence electrons. The zero-order valence-corrected chi connectivity index (χ0v) is 12.8. The minimum Gasteiger partial charge on any atom is -0.508 e. The molecule has 0 aliphatic carbocycles. The molecule has 2 unspecified atom stereocenters. The lowest BCUT2D eigenvalue weighted by molar-refractivity contribution is 0.413. The van der Waals surface area contributed by atoms with Crippen LogP contribution in [0.4, 0.5) is 0 Å². The molecular formula is C18H23NO2. The Labute approximate surface area is 126 Å². The smallest absolute Gasteiger partial charge is 0.118 e. The second kappa shape index (κ2) is 7.14. The second-order valence-electron chi connectivity index (χ2n) is 5.21. The summed E-state index contributed by atoms with van der Waals surface area (Å²) in [5.74, 6) is 1.17. The van der Waals surface area contributed by atoms with Crippen molar-refractivity contribution in [1.29, 1.82) is 0 Å². The number of methoxy groups -OCH3 is 1. The third-order valence-electron chi connectivity index (χ3n) is 3.77. The molecule has 0 radical (unpaired) electrons. The lowest BCUT2D eigenvalue weighted by Crippen LogP contribution is -2.24. The molecule has 0 fully saturated rings. The second-order valence-corrected chi connectivity index (χ2v) is 5.21. The van der Waals surface area contributed by atoms with Gasteiger partial charge in [-0.05, 0) is 48.7 Å². The number of phenols is 1. The summed E-state index contributed by atoms with van der Waals surface area (Å²) in [5.41, 5.74) is 2.42. The van der Waals surface area contributed by atoms with Crippen LogP contribution in [0.25, 0.3) is 0 Å². The van der Waals surface area contributed by atoms with Crippen LogP contribution in [-0.2, 0) is 0 Å². The van der Waals surface area contributed by atoms with Gasteiger partial charge < -0.3 is 15.2 Å². The van der Waals surface area contributed by atoms with Crippen molar-refractivity contribution < 1.29 is 9.84 Å². The number of rotatable bonds is 6. The van der Waals surface area contributed by atoms with E-state index < -0.39 is 0 Å². The summed E-state index contributed by atoms with van der Waals surface area (Å²) in [5, 5.41) is 13.0. The highest BCUT2D eigenvalue weighted by atomic mass is 16.5. The number of nitrogens with one attached hydrogen (secondary N) is 1. The van der Waals surface area contributed by atoms with E-state index >= 15 is 0 Å². The van der Waals surface area contributed by atoms with E-state index in [1.54, 1.807) is 19.2 Å². The largest absolute Gasteiger partial charge is 0.508 e. The van der Waals surface area contributed by atoms with Gasteiger partial charge in [0.2, 0.25) is 0 Å². The summed E-state index contributed by atoms with van der Waals surface area (Å²) in [4.78, 5) is 0. The Kier molecular flexibility index (Phi) is 5.23. The van der Waals surface area contributed by atoms with E-state index in [9.17, 15) is 5.11 Å². The molecule has 21 heavy (non-hydrogen) atoms. The van der Waals surface area contributed by atoms with Gasteiger partial charge in [-0.3, -0.25) is 0 Å². The van der Waals surface area contributed by atoms with Crippen LogP contribution in [-0.4, -0.2) is 12.2 Å². The van der Waals surface area contributed by atoms with Crippen LogP contribution in [0.15, 0.2) is 48.5 Å². The van der Waals surface area contributed by atoms with Crippen LogP contribution in [0.3, 0.4) is 0 Å². The van der Waals surface area contributed by atoms with Crippen molar-refractivity contribution in [3.8, 4) is 11.5 Å². The lowest BCUT2D eigenvalue weighted by Gasteiger charge is -2.23. The zero-order chi connectivity index (χ0) is 15.2. The highest BCUT2D eigenvalue weighted by molar-refractivity contribution is 5.30. The minimum absolute atomic E-state index is 0.245. The fourth-order valence-corrected chi connectivity index (χ4v) is 2.45. The van der Waals surface area contributed by atoms with Gasteiger partial charge in [-0.25, -0.2) is 0 Å². The van der Waals surface area contributed by atoms with E-state index in [1.807, 2.05) is 24.3 Å². The number of benzene rings is 2. The van der Waals surface area contributed by atoms with Crippen LogP contribution in [0, 0.1) is 0 Å². The van der Waals surface area contributed by atoms with Gasteiger partial charge in [0.15, 0.2) is 0 Å². The average Bonchev–Trinajstić information content (AvgIpc) is 2.53. The maximum absolute atomic E-state index is 9.39. The molecule has 3 nitrogen and oxygen atoms in total. The first kappa shape index (κ1) is 15.4. The molecule has 0 aliphatic heterocycles. The fraction of sp³-hybridized carbons (Fsp3) is 0.333. The number of aromatic hydroxyl groups is 1. The number of phenolic OH excluding ortho intramolecular Hbond substituents is 1. The van der Waals surface area contributed by atoms with Crippen molar-refractivity contribution in [2.45, 2.75) is 32.4 Å². The molecule has 3 heteroatoms. The normalized spacial score (nSPS) is 13.7. The van der Waals surface area contributed by atoms with E-state index in [2.05, 4.69) is 31.3 Å². The number of hydrogen-bond acceptors (Lipinski definition) is 3. The quantitative estimate of drug-likeness (QED) is 0.835. The molecule has 0 saturated carbocycles. The van der Waals surface area contributed by atoms with Crippen LogP contribution in [0.1, 0.15) is 43.5 Å². The van der Waals surface area contributed by atoms with Crippen molar-refractivity contribution in [2.24, 2.45) is 0 Å². The Balaban J connectivity index is 2.08. The van der Waals surface area contributed by atoms with E-state index in [-0.39, 0.29) is 12.1 Å². The van der Waals surface area contributed by atoms with Gasteiger partial charge in [0.25, 0.3) is 0 Å². The molecule has 0 bridgehead atoms. The molecule has 0 aliphatic rings. The molecule has 0 amide bonds. The molecule has 2 rings (SSSR count). The highest BCUT2D eigenvalue weighted by Gasteiger charge is 2.13. The monoisotopic (exact) mass is 285 g/mol. The minimum atomic E-state index is 0.245. The molecule has 0 heterocycles. The zero-order valence-electron chi connectivity index (χ0n) is 12.8. The molecule has 2 atom stereocenters. The molecule has 2 N–H and O–H groups in total. The van der Waals surface area contributed by atoms with Gasteiger partial charge in [-0.1, -0.05) is 31.2 Å². The summed E-state index contributed by atoms with van der Waals surface area (Å²) < 4.78 is 5.19. The number of hydrogen-bond donors (Lipinski definition) is 2. The lowest BCUT2D eigenvalue weighted by atomic mass is 10.0. The van der Waals surface area contributed by atoms with E-state index in [4.69, 9.17) is 4.74 Å². The fourth-order valence-electron chi connectivity index (χ4n) is 2.45. The summed E-state index contributed by atoms with van der Waals surface area (Å²) in [6.07, 6.45) is 0.991. The van der Waals surface area contributed by atoms with E-state index in [0.29, 0.717) is 5.75 Å². The molecular weight excluding hydrogens is 262 g/mol. The Morgan fingerprint density at radius 3 is 2.10 bits per heavy atom. The summed E-state index contributed by atoms with van der Waals surface area (Å²) >= 11 is 0. The van der Waals surface area contributed by atoms with Crippen molar-refractivity contribution in [2.75, 3.05) is 7.11 Å². The Hall–Kier alpha value is -2.00. The maximum atomic E-state index is 9.39. The van der Waals surface area contributed by atoms with Gasteiger partial charge >= 0.3 is 0 Å². The van der Waals surface area contributed by atoms with Gasteiger partial charge in [0.05, 0.1) is 7.11 Å². The first-order valence-electron chi connectivity index (χ1n) is 7.33. The molecule has 2 aromatic carbocycles. The first-order chi connectivity index (χ1) is 10.1. The Morgan fingerprint density at radius 2 is 1.57 bits per heavy atom. The van der Waals surface area contributed by atoms with Crippen molar-refractivity contribution in [3.63, 3.8) is 0 Å². The predicted molar refractivity (Wildman–Crippen MR) is 85.7 cm³/mol. The van der Waals surface area contributed by atoms with Crippen LogP contribution >= 0.6 is 0 Å². The maximum Gasteiger partial charge on any atom is 0.118 e. The molecule has 0 aromatic heterocycles. The van der Waals surface area contributed by atoms with E-state index in [0.717, 1.165) is 12.2 Å².